The van der Waals surface area contributed by atoms with Crippen LogP contribution in [0, 0.1) is 0 Å². The first-order valence-corrected chi connectivity index (χ1v) is 6.98. The van der Waals surface area contributed by atoms with Gasteiger partial charge in [0.25, 0.3) is 0 Å². The van der Waals surface area contributed by atoms with Gasteiger partial charge in [-0.15, -0.1) is 0 Å². The van der Waals surface area contributed by atoms with Crippen LogP contribution in [0.5, 0.6) is 0 Å². The summed E-state index contributed by atoms with van der Waals surface area (Å²) < 4.78 is 10.1. The molecule has 3 heterocycles. The molecule has 7 heteroatoms. The van der Waals surface area contributed by atoms with Crippen molar-refractivity contribution in [1.29, 1.82) is 0 Å². The minimum absolute atomic E-state index is 0.185. The molecule has 2 fully saturated rings. The molecule has 2 aromatic rings. The highest BCUT2D eigenvalue weighted by molar-refractivity contribution is 5.87. The summed E-state index contributed by atoms with van der Waals surface area (Å²) in [5.74, 6) is -3.24. The zero-order chi connectivity index (χ0) is 15.5. The number of aliphatic hydroxyl groups excluding tert-OH is 1. The summed E-state index contributed by atoms with van der Waals surface area (Å²) in [6, 6.07) is 7.41. The Morgan fingerprint density at radius 3 is 2.91 bits per heavy atom. The summed E-state index contributed by atoms with van der Waals surface area (Å²) >= 11 is 0. The molecular weight excluding hydrogens is 290 g/mol. The van der Waals surface area contributed by atoms with Crippen molar-refractivity contribution in [3.05, 3.63) is 36.0 Å². The van der Waals surface area contributed by atoms with Gasteiger partial charge in [0.2, 0.25) is 11.4 Å². The quantitative estimate of drug-likeness (QED) is 0.554. The van der Waals surface area contributed by atoms with E-state index in [2.05, 4.69) is 4.98 Å². The zero-order valence-corrected chi connectivity index (χ0v) is 11.5. The van der Waals surface area contributed by atoms with Crippen molar-refractivity contribution < 1.29 is 29.6 Å². The average molecular weight is 305 g/mol. The lowest BCUT2D eigenvalue weighted by atomic mass is 9.85. The second kappa shape index (κ2) is 4.30. The van der Waals surface area contributed by atoms with Crippen molar-refractivity contribution in [1.82, 2.24) is 4.98 Å². The Hall–Kier alpha value is -1.93. The topological polar surface area (TPSA) is 112 Å². The molecule has 2 saturated heterocycles. The lowest BCUT2D eigenvalue weighted by Crippen LogP contribution is -2.59. The molecule has 0 spiro atoms. The molecule has 0 saturated carbocycles. The standard InChI is InChI=1S/C15H15NO6/c17-11-7-21-15(20)12(11)22-13(18)14(15,19)5-8-6-16-10-4-2-1-3-9(8)10/h1-4,6,11-12,16-17,19-20H,5,7H2/t11?,12?,14-,15?/m0/s1. The number of carbonyl (C=O) groups is 1. The van der Waals surface area contributed by atoms with Crippen molar-refractivity contribution in [2.75, 3.05) is 6.61 Å². The maximum Gasteiger partial charge on any atom is 0.344 e. The minimum atomic E-state index is -2.26. The second-order valence-corrected chi connectivity index (χ2v) is 5.80. The number of ether oxygens (including phenoxy) is 2. The molecule has 0 bridgehead atoms. The molecule has 2 aliphatic heterocycles. The largest absolute Gasteiger partial charge is 0.451 e. The van der Waals surface area contributed by atoms with Crippen LogP contribution in [0.1, 0.15) is 5.56 Å². The molecule has 3 unspecified atom stereocenters. The Morgan fingerprint density at radius 1 is 1.32 bits per heavy atom. The Morgan fingerprint density at radius 2 is 2.09 bits per heavy atom. The number of aromatic amines is 1. The van der Waals surface area contributed by atoms with Crippen molar-refractivity contribution in [2.24, 2.45) is 0 Å². The highest BCUT2D eigenvalue weighted by Crippen LogP contribution is 2.45. The predicted octanol–water partition coefficient (Wildman–Crippen LogP) is -0.553. The Labute approximate surface area is 125 Å². The number of benzene rings is 1. The molecule has 0 amide bonds. The van der Waals surface area contributed by atoms with Crippen LogP contribution in [-0.2, 0) is 20.7 Å². The summed E-state index contributed by atoms with van der Waals surface area (Å²) in [4.78, 5) is 15.1. The monoisotopic (exact) mass is 305 g/mol. The lowest BCUT2D eigenvalue weighted by molar-refractivity contribution is -0.262. The van der Waals surface area contributed by atoms with Crippen LogP contribution in [0.15, 0.2) is 30.5 Å². The third kappa shape index (κ3) is 1.56. The van der Waals surface area contributed by atoms with E-state index in [1.54, 1.807) is 6.20 Å². The van der Waals surface area contributed by atoms with Gasteiger partial charge in [-0.05, 0) is 11.6 Å². The first-order valence-electron chi connectivity index (χ1n) is 6.98. The Bertz CT molecular complexity index is 757. The summed E-state index contributed by atoms with van der Waals surface area (Å²) in [6.07, 6.45) is -0.964. The normalized spacial score (nSPS) is 37.5. The first-order chi connectivity index (χ1) is 10.5. The van der Waals surface area contributed by atoms with E-state index < -0.39 is 29.6 Å². The molecule has 22 heavy (non-hydrogen) atoms. The maximum atomic E-state index is 12.1. The molecule has 116 valence electrons. The maximum absolute atomic E-state index is 12.1. The predicted molar refractivity (Wildman–Crippen MR) is 73.7 cm³/mol. The van der Waals surface area contributed by atoms with Crippen LogP contribution < -0.4 is 0 Å². The van der Waals surface area contributed by atoms with E-state index in [9.17, 15) is 20.1 Å². The van der Waals surface area contributed by atoms with Crippen molar-refractivity contribution in [2.45, 2.75) is 30.0 Å². The fourth-order valence-corrected chi connectivity index (χ4v) is 3.27. The van der Waals surface area contributed by atoms with Crippen LogP contribution in [0.3, 0.4) is 0 Å². The fourth-order valence-electron chi connectivity index (χ4n) is 3.27. The number of aromatic nitrogens is 1. The SMILES string of the molecule is O=C1OC2C(O)COC2(O)[C@]1(O)Cc1c[nH]c2ccccc12. The minimum Gasteiger partial charge on any atom is -0.451 e. The summed E-state index contributed by atoms with van der Waals surface area (Å²) in [5, 5.41) is 31.9. The fraction of sp³-hybridized carbons (Fsp3) is 0.400. The van der Waals surface area contributed by atoms with Gasteiger partial charge in [-0.1, -0.05) is 18.2 Å². The van der Waals surface area contributed by atoms with Gasteiger partial charge >= 0.3 is 5.97 Å². The summed E-state index contributed by atoms with van der Waals surface area (Å²) in [6.45, 7) is -0.204. The number of aliphatic hydroxyl groups is 3. The third-order valence-corrected chi connectivity index (χ3v) is 4.49. The van der Waals surface area contributed by atoms with E-state index in [-0.39, 0.29) is 13.0 Å². The van der Waals surface area contributed by atoms with Gasteiger partial charge < -0.3 is 29.8 Å². The highest BCUT2D eigenvalue weighted by Gasteiger charge is 2.73. The molecule has 1 aromatic heterocycles. The molecule has 7 nitrogen and oxygen atoms in total. The number of carbonyl (C=O) groups excluding carboxylic acids is 1. The van der Waals surface area contributed by atoms with Crippen LogP contribution in [-0.4, -0.2) is 56.5 Å². The molecule has 1 aromatic carbocycles. The van der Waals surface area contributed by atoms with Crippen LogP contribution >= 0.6 is 0 Å². The highest BCUT2D eigenvalue weighted by atomic mass is 16.7. The van der Waals surface area contributed by atoms with Gasteiger partial charge in [-0.25, -0.2) is 4.79 Å². The van der Waals surface area contributed by atoms with E-state index in [0.29, 0.717) is 5.56 Å². The molecule has 4 atom stereocenters. The molecule has 0 radical (unpaired) electrons. The second-order valence-electron chi connectivity index (χ2n) is 5.80. The van der Waals surface area contributed by atoms with Gasteiger partial charge in [-0.3, -0.25) is 0 Å². The van der Waals surface area contributed by atoms with Crippen LogP contribution in [0.2, 0.25) is 0 Å². The van der Waals surface area contributed by atoms with E-state index in [1.165, 1.54) is 0 Å². The molecule has 0 aliphatic carbocycles. The van der Waals surface area contributed by atoms with Gasteiger partial charge in [0.05, 0.1) is 6.61 Å². The molecular formula is C15H15NO6. The van der Waals surface area contributed by atoms with E-state index >= 15 is 0 Å². The van der Waals surface area contributed by atoms with Gasteiger partial charge in [0, 0.05) is 23.5 Å². The first kappa shape index (κ1) is 13.7. The van der Waals surface area contributed by atoms with Gasteiger partial charge in [0.15, 0.2) is 6.10 Å². The van der Waals surface area contributed by atoms with E-state index in [4.69, 9.17) is 9.47 Å². The zero-order valence-electron chi connectivity index (χ0n) is 11.5. The van der Waals surface area contributed by atoms with Crippen molar-refractivity contribution in [3.63, 3.8) is 0 Å². The van der Waals surface area contributed by atoms with Crippen molar-refractivity contribution >= 4 is 16.9 Å². The number of fused-ring (bicyclic) bond motifs is 2. The summed E-state index contributed by atoms with van der Waals surface area (Å²) in [5.41, 5.74) is -0.766. The molecule has 4 rings (SSSR count). The number of nitrogens with one attached hydrogen (secondary N) is 1. The number of hydrogen-bond acceptors (Lipinski definition) is 6. The van der Waals surface area contributed by atoms with E-state index in [1.807, 2.05) is 24.3 Å². The molecule has 4 N–H and O–H groups in total. The molecule has 2 aliphatic rings. The van der Waals surface area contributed by atoms with Crippen molar-refractivity contribution in [3.8, 4) is 0 Å². The average Bonchev–Trinajstić information content (AvgIpc) is 3.09. The third-order valence-electron chi connectivity index (χ3n) is 4.49. The lowest BCUT2D eigenvalue weighted by Gasteiger charge is -2.31. The number of rotatable bonds is 2. The van der Waals surface area contributed by atoms with Gasteiger partial charge in [0.1, 0.15) is 6.10 Å². The van der Waals surface area contributed by atoms with Gasteiger partial charge in [-0.2, -0.15) is 0 Å². The number of para-hydroxylation sites is 1. The van der Waals surface area contributed by atoms with Crippen LogP contribution in [0.4, 0.5) is 0 Å². The Balaban J connectivity index is 1.76. The number of H-pyrrole nitrogens is 1. The van der Waals surface area contributed by atoms with E-state index in [0.717, 1.165) is 10.9 Å². The number of hydrogen-bond donors (Lipinski definition) is 4. The van der Waals surface area contributed by atoms with Crippen LogP contribution in [0.25, 0.3) is 10.9 Å². The summed E-state index contributed by atoms with van der Waals surface area (Å²) in [7, 11) is 0. The number of esters is 1. The smallest absolute Gasteiger partial charge is 0.344 e. The Kier molecular flexibility index (Phi) is 2.68.